The number of anilines is 1. The second-order valence-electron chi connectivity index (χ2n) is 11.4. The summed E-state index contributed by atoms with van der Waals surface area (Å²) < 4.78 is 74.3. The third-order valence-corrected chi connectivity index (χ3v) is 8.08. The van der Waals surface area contributed by atoms with Gasteiger partial charge in [0.1, 0.15) is 23.9 Å². The Kier molecular flexibility index (Phi) is 13.4. The molecule has 0 spiro atoms. The number of phenols is 2. The third-order valence-electron chi connectivity index (χ3n) is 8.08. The van der Waals surface area contributed by atoms with Gasteiger partial charge >= 0.3 is 18.1 Å². The number of phenolic OH excluding ortho intramolecular Hbond substituents is 2. The lowest BCUT2D eigenvalue weighted by molar-refractivity contribution is -0.284. The molecule has 2 N–H and O–H groups in total. The highest BCUT2D eigenvalue weighted by atomic mass is 19.4. The second-order valence-corrected chi connectivity index (χ2v) is 11.4. The largest absolute Gasteiger partial charge is 0.508 e. The van der Waals surface area contributed by atoms with E-state index in [-0.39, 0.29) is 48.9 Å². The molecule has 0 saturated heterocycles. The fourth-order valence-electron chi connectivity index (χ4n) is 5.61. The first-order valence-corrected chi connectivity index (χ1v) is 15.6. The van der Waals surface area contributed by atoms with Gasteiger partial charge in [0, 0.05) is 19.0 Å². The molecule has 246 valence electrons. The number of nitrogens with zero attached hydrogens (tertiary/aromatic N) is 1. The summed E-state index contributed by atoms with van der Waals surface area (Å²) in [7, 11) is 0. The van der Waals surface area contributed by atoms with Gasteiger partial charge in [0.2, 0.25) is 0 Å². The van der Waals surface area contributed by atoms with Crippen LogP contribution in [0.2, 0.25) is 0 Å². The van der Waals surface area contributed by atoms with Crippen LogP contribution in [0.3, 0.4) is 0 Å². The molecule has 0 aliphatic carbocycles. The van der Waals surface area contributed by atoms with Gasteiger partial charge in [-0.3, -0.25) is 4.79 Å². The zero-order valence-electron chi connectivity index (χ0n) is 25.3. The number of unbranched alkanes of at least 4 members (excludes halogenated alkanes) is 7. The van der Waals surface area contributed by atoms with E-state index in [1.54, 1.807) is 31.2 Å². The summed E-state index contributed by atoms with van der Waals surface area (Å²) >= 11 is 0. The van der Waals surface area contributed by atoms with E-state index in [0.717, 1.165) is 56.3 Å². The van der Waals surface area contributed by atoms with Gasteiger partial charge in [-0.25, -0.2) is 0 Å². The zero-order chi connectivity index (χ0) is 32.2. The van der Waals surface area contributed by atoms with Crippen LogP contribution in [0.15, 0.2) is 42.5 Å². The standard InChI is InChI=1S/C33H44F5NO5/c1-2-43-31(42)25(13-9-7-10-20-32(34,35)33(36,37)38)12-8-5-3-4-6-11-21-39-28-19-18-27(41)22-30(28)44-23-29(39)24-14-16-26(40)17-15-24/h14-19,22,25,29,40-41H,2-13,20-21,23H2,1H3. The Morgan fingerprint density at radius 2 is 1.48 bits per heavy atom. The SMILES string of the molecule is CCOC(=O)C(CCCCCCCCN1c2ccc(O)cc2OCC1c1ccc(O)cc1)CCCCCC(F)(F)C(F)(F)F. The average molecular weight is 630 g/mol. The Hall–Kier alpha value is -3.24. The van der Waals surface area contributed by atoms with Gasteiger partial charge in [0.15, 0.2) is 0 Å². The molecule has 1 heterocycles. The Bertz CT molecular complexity index is 1160. The first-order chi connectivity index (χ1) is 20.9. The van der Waals surface area contributed by atoms with Gasteiger partial charge in [0.05, 0.1) is 24.3 Å². The van der Waals surface area contributed by atoms with Crippen LogP contribution in [0.25, 0.3) is 0 Å². The normalized spacial score (nSPS) is 15.9. The number of hydrogen-bond donors (Lipinski definition) is 2. The second kappa shape index (κ2) is 16.7. The summed E-state index contributed by atoms with van der Waals surface area (Å²) in [4.78, 5) is 14.7. The minimum Gasteiger partial charge on any atom is -0.508 e. The monoisotopic (exact) mass is 629 g/mol. The van der Waals surface area contributed by atoms with Gasteiger partial charge in [-0.05, 0) is 62.4 Å². The van der Waals surface area contributed by atoms with Crippen LogP contribution in [0.5, 0.6) is 17.2 Å². The van der Waals surface area contributed by atoms with E-state index in [1.165, 1.54) is 0 Å². The van der Waals surface area contributed by atoms with Gasteiger partial charge in [-0.2, -0.15) is 22.0 Å². The maximum Gasteiger partial charge on any atom is 0.453 e. The molecular formula is C33H44F5NO5. The lowest BCUT2D eigenvalue weighted by Crippen LogP contribution is -2.37. The molecule has 2 unspecified atom stereocenters. The predicted octanol–water partition coefficient (Wildman–Crippen LogP) is 9.10. The van der Waals surface area contributed by atoms with Crippen molar-refractivity contribution < 1.29 is 46.4 Å². The number of halogens is 5. The molecule has 2 aromatic carbocycles. The fraction of sp³-hybridized carbons (Fsp3) is 0.606. The number of rotatable bonds is 18. The molecule has 0 fully saturated rings. The molecule has 1 aliphatic rings. The van der Waals surface area contributed by atoms with Crippen molar-refractivity contribution in [3.8, 4) is 17.2 Å². The molecule has 0 aromatic heterocycles. The van der Waals surface area contributed by atoms with E-state index < -0.39 is 18.5 Å². The molecule has 0 bridgehead atoms. The number of hydrogen-bond acceptors (Lipinski definition) is 6. The molecule has 3 rings (SSSR count). The predicted molar refractivity (Wildman–Crippen MR) is 158 cm³/mol. The maximum absolute atomic E-state index is 13.1. The fourth-order valence-corrected chi connectivity index (χ4v) is 5.61. The van der Waals surface area contributed by atoms with E-state index in [9.17, 15) is 37.0 Å². The van der Waals surface area contributed by atoms with E-state index in [4.69, 9.17) is 9.47 Å². The van der Waals surface area contributed by atoms with Crippen LogP contribution in [0.4, 0.5) is 27.6 Å². The third kappa shape index (κ3) is 10.4. The van der Waals surface area contributed by atoms with Crippen molar-refractivity contribution in [3.63, 3.8) is 0 Å². The van der Waals surface area contributed by atoms with Crippen molar-refractivity contribution in [2.24, 2.45) is 5.92 Å². The number of ether oxygens (including phenoxy) is 2. The molecule has 0 radical (unpaired) electrons. The van der Waals surface area contributed by atoms with Crippen LogP contribution >= 0.6 is 0 Å². The van der Waals surface area contributed by atoms with Gasteiger partial charge in [0.25, 0.3) is 0 Å². The molecule has 6 nitrogen and oxygen atoms in total. The van der Waals surface area contributed by atoms with Crippen LogP contribution in [-0.2, 0) is 9.53 Å². The Morgan fingerprint density at radius 3 is 2.11 bits per heavy atom. The molecule has 44 heavy (non-hydrogen) atoms. The summed E-state index contributed by atoms with van der Waals surface area (Å²) in [5.74, 6) is -4.43. The van der Waals surface area contributed by atoms with E-state index in [2.05, 4.69) is 4.90 Å². The van der Waals surface area contributed by atoms with E-state index >= 15 is 0 Å². The number of esters is 1. The van der Waals surface area contributed by atoms with Crippen LogP contribution < -0.4 is 9.64 Å². The molecule has 11 heteroatoms. The van der Waals surface area contributed by atoms with E-state index in [0.29, 0.717) is 31.6 Å². The lowest BCUT2D eigenvalue weighted by Gasteiger charge is -2.39. The highest BCUT2D eigenvalue weighted by molar-refractivity contribution is 5.72. The van der Waals surface area contributed by atoms with Crippen LogP contribution in [0, 0.1) is 5.92 Å². The highest BCUT2D eigenvalue weighted by Crippen LogP contribution is 2.42. The first-order valence-electron chi connectivity index (χ1n) is 15.6. The highest BCUT2D eigenvalue weighted by Gasteiger charge is 2.56. The van der Waals surface area contributed by atoms with Crippen LogP contribution in [0.1, 0.15) is 95.6 Å². The summed E-state index contributed by atoms with van der Waals surface area (Å²) in [5.41, 5.74) is 1.93. The Balaban J connectivity index is 1.40. The molecular weight excluding hydrogens is 585 g/mol. The maximum atomic E-state index is 13.1. The van der Waals surface area contributed by atoms with Crippen molar-refractivity contribution in [1.29, 1.82) is 0 Å². The number of fused-ring (bicyclic) bond motifs is 1. The van der Waals surface area contributed by atoms with Gasteiger partial charge in [-0.1, -0.05) is 57.1 Å². The van der Waals surface area contributed by atoms with Gasteiger partial charge < -0.3 is 24.6 Å². The topological polar surface area (TPSA) is 79.2 Å². The molecule has 2 aromatic rings. The molecule has 1 aliphatic heterocycles. The number of carbonyl (C=O) groups is 1. The molecule has 0 amide bonds. The lowest BCUT2D eigenvalue weighted by atomic mass is 9.94. The molecule has 2 atom stereocenters. The average Bonchev–Trinajstić information content (AvgIpc) is 2.97. The van der Waals surface area contributed by atoms with Crippen molar-refractivity contribution in [1.82, 2.24) is 0 Å². The van der Waals surface area contributed by atoms with Gasteiger partial charge in [-0.15, -0.1) is 0 Å². The first kappa shape index (κ1) is 35.2. The van der Waals surface area contributed by atoms with Crippen LogP contribution in [-0.4, -0.2) is 48.0 Å². The Morgan fingerprint density at radius 1 is 0.886 bits per heavy atom. The number of carbonyl (C=O) groups excluding carboxylic acids is 1. The minimum absolute atomic E-state index is 0.0337. The Labute approximate surface area is 256 Å². The van der Waals surface area contributed by atoms with Crippen molar-refractivity contribution in [2.75, 3.05) is 24.7 Å². The van der Waals surface area contributed by atoms with Crippen molar-refractivity contribution in [3.05, 3.63) is 48.0 Å². The van der Waals surface area contributed by atoms with E-state index in [1.807, 2.05) is 18.2 Å². The smallest absolute Gasteiger partial charge is 0.453 e. The zero-order valence-corrected chi connectivity index (χ0v) is 25.3. The van der Waals surface area contributed by atoms with Crippen molar-refractivity contribution in [2.45, 2.75) is 102 Å². The number of alkyl halides is 5. The summed E-state index contributed by atoms with van der Waals surface area (Å²) in [6.07, 6.45) is 0.237. The summed E-state index contributed by atoms with van der Waals surface area (Å²) in [5, 5.41) is 19.6. The van der Waals surface area contributed by atoms with Crippen molar-refractivity contribution >= 4 is 11.7 Å². The minimum atomic E-state index is -5.53. The summed E-state index contributed by atoms with van der Waals surface area (Å²) in [6, 6.07) is 12.2. The molecule has 0 saturated carbocycles. The quantitative estimate of drug-likeness (QED) is 0.0973. The summed E-state index contributed by atoms with van der Waals surface area (Å²) in [6.45, 7) is 3.14. The number of benzene rings is 2. The number of aromatic hydroxyl groups is 2.